The fraction of sp³-hybridized carbons (Fsp3) is 0.889. The van der Waals surface area contributed by atoms with E-state index in [1.807, 2.05) is 6.08 Å². The first kappa shape index (κ1) is 52.8. The van der Waals surface area contributed by atoms with Gasteiger partial charge in [0.15, 0.2) is 12.4 Å². The van der Waals surface area contributed by atoms with Gasteiger partial charge in [0.05, 0.1) is 11.7 Å². The summed E-state index contributed by atoms with van der Waals surface area (Å²) in [5.41, 5.74) is -1.33. The summed E-state index contributed by atoms with van der Waals surface area (Å²) in [6.45, 7) is 9.13. The van der Waals surface area contributed by atoms with E-state index < -0.39 is 23.6 Å². The number of nitrogens with zero attached hydrogens (tertiary/aromatic N) is 1. The summed E-state index contributed by atoms with van der Waals surface area (Å²) in [4.78, 5) is 54.1. The Morgan fingerprint density at radius 2 is 1.33 bits per heavy atom. The van der Waals surface area contributed by atoms with Crippen molar-refractivity contribution in [3.05, 3.63) is 11.6 Å². The first-order chi connectivity index (χ1) is 31.0. The molecule has 0 bridgehead atoms. The number of ketones is 2. The van der Waals surface area contributed by atoms with Crippen molar-refractivity contribution in [1.29, 1.82) is 0 Å². The van der Waals surface area contributed by atoms with Crippen molar-refractivity contribution in [1.82, 2.24) is 4.90 Å². The SMILES string of the molecule is CCCCCCCCCC(CCCCCCCC)OC(=O)CCCCCN(CCCCO)CCCCCC(=O)OCC(=O)C1(O)CCC2C3CCC4=CC(=O)CCC45OC(CC21C)C35. The molecule has 0 aromatic rings. The molecule has 10 heteroatoms. The van der Waals surface area contributed by atoms with Crippen LogP contribution in [0.15, 0.2) is 11.6 Å². The van der Waals surface area contributed by atoms with Crippen LogP contribution < -0.4 is 0 Å². The van der Waals surface area contributed by atoms with E-state index in [-0.39, 0.29) is 54.3 Å². The normalized spacial score (nSPS) is 28.5. The van der Waals surface area contributed by atoms with E-state index in [2.05, 4.69) is 25.7 Å². The average molecular weight is 898 g/mol. The van der Waals surface area contributed by atoms with Gasteiger partial charge in [-0.25, -0.2) is 0 Å². The molecule has 2 N–H and O–H groups in total. The summed E-state index contributed by atoms with van der Waals surface area (Å²) in [7, 11) is 0. The molecule has 3 saturated carbocycles. The van der Waals surface area contributed by atoms with Crippen molar-refractivity contribution in [2.45, 2.75) is 250 Å². The largest absolute Gasteiger partial charge is 0.462 e. The Morgan fingerprint density at radius 3 is 1.95 bits per heavy atom. The molecular formula is C54H91NO9. The van der Waals surface area contributed by atoms with Crippen LogP contribution in [0.4, 0.5) is 0 Å². The van der Waals surface area contributed by atoms with Crippen LogP contribution in [0.5, 0.6) is 0 Å². The Kier molecular flexibility index (Phi) is 22.3. The maximum Gasteiger partial charge on any atom is 0.306 e. The van der Waals surface area contributed by atoms with E-state index >= 15 is 0 Å². The molecule has 10 nitrogen and oxygen atoms in total. The summed E-state index contributed by atoms with van der Waals surface area (Å²) in [6, 6.07) is 0. The molecule has 0 amide bonds. The summed E-state index contributed by atoms with van der Waals surface area (Å²) in [5, 5.41) is 21.4. The predicted octanol–water partition coefficient (Wildman–Crippen LogP) is 11.1. The smallest absolute Gasteiger partial charge is 0.306 e. The van der Waals surface area contributed by atoms with Gasteiger partial charge in [-0.2, -0.15) is 0 Å². The quantitative estimate of drug-likeness (QED) is 0.0467. The molecule has 1 spiro atoms. The van der Waals surface area contributed by atoms with E-state index in [4.69, 9.17) is 14.2 Å². The predicted molar refractivity (Wildman–Crippen MR) is 253 cm³/mol. The molecule has 5 aliphatic rings. The number of ether oxygens (including phenoxy) is 3. The Labute approximate surface area is 388 Å². The summed E-state index contributed by atoms with van der Waals surface area (Å²) in [5.74, 6) is 0.286. The van der Waals surface area contributed by atoms with Crippen molar-refractivity contribution in [3.8, 4) is 0 Å². The van der Waals surface area contributed by atoms with E-state index in [1.165, 1.54) is 70.6 Å². The van der Waals surface area contributed by atoms with Crippen LogP contribution in [0.25, 0.3) is 0 Å². The molecule has 0 radical (unpaired) electrons. The number of carbonyl (C=O) groups is 4. The van der Waals surface area contributed by atoms with E-state index in [0.717, 1.165) is 122 Å². The van der Waals surface area contributed by atoms with Crippen LogP contribution >= 0.6 is 0 Å². The highest BCUT2D eigenvalue weighted by Gasteiger charge is 2.73. The molecule has 5 rings (SSSR count). The number of carbonyl (C=O) groups excluding carboxylic acids is 4. The maximum absolute atomic E-state index is 13.7. The zero-order valence-electron chi connectivity index (χ0n) is 40.8. The lowest BCUT2D eigenvalue weighted by molar-refractivity contribution is -0.317. The third-order valence-electron chi connectivity index (χ3n) is 16.6. The third kappa shape index (κ3) is 14.2. The Morgan fingerprint density at radius 1 is 0.750 bits per heavy atom. The molecule has 1 saturated heterocycles. The molecule has 8 unspecified atom stereocenters. The number of rotatable bonds is 35. The van der Waals surface area contributed by atoms with Crippen molar-refractivity contribution in [3.63, 3.8) is 0 Å². The summed E-state index contributed by atoms with van der Waals surface area (Å²) in [6.07, 6.45) is 32.9. The first-order valence-electron chi connectivity index (χ1n) is 26.9. The minimum absolute atomic E-state index is 0.0220. The second kappa shape index (κ2) is 27.0. The van der Waals surface area contributed by atoms with Gasteiger partial charge in [0.25, 0.3) is 0 Å². The van der Waals surface area contributed by atoms with Gasteiger partial charge in [-0.15, -0.1) is 0 Å². The van der Waals surface area contributed by atoms with Crippen LogP contribution in [-0.2, 0) is 33.4 Å². The van der Waals surface area contributed by atoms with Crippen molar-refractivity contribution in [2.24, 2.45) is 23.2 Å². The topological polar surface area (TPSA) is 140 Å². The first-order valence-corrected chi connectivity index (χ1v) is 26.9. The Balaban J connectivity index is 0.951. The fourth-order valence-electron chi connectivity index (χ4n) is 12.9. The third-order valence-corrected chi connectivity index (χ3v) is 16.6. The molecule has 0 aromatic carbocycles. The highest BCUT2D eigenvalue weighted by Crippen LogP contribution is 2.71. The Bertz CT molecular complexity index is 1480. The lowest BCUT2D eigenvalue weighted by Gasteiger charge is -2.69. The number of hydrogen-bond acceptors (Lipinski definition) is 10. The Hall–Kier alpha value is -2.14. The van der Waals surface area contributed by atoms with Gasteiger partial charge in [0, 0.05) is 37.2 Å². The van der Waals surface area contributed by atoms with Gasteiger partial charge < -0.3 is 29.3 Å². The lowest BCUT2D eigenvalue weighted by atomic mass is 9.45. The van der Waals surface area contributed by atoms with Crippen molar-refractivity contribution in [2.75, 3.05) is 32.8 Å². The fourth-order valence-corrected chi connectivity index (χ4v) is 12.9. The zero-order valence-corrected chi connectivity index (χ0v) is 40.8. The highest BCUT2D eigenvalue weighted by molar-refractivity contribution is 5.92. The van der Waals surface area contributed by atoms with Crippen LogP contribution in [0.3, 0.4) is 0 Å². The molecule has 1 aliphatic heterocycles. The molecule has 1 heterocycles. The molecule has 4 aliphatic carbocycles. The number of aliphatic hydroxyl groups is 2. The highest BCUT2D eigenvalue weighted by atomic mass is 16.5. The number of aliphatic hydroxyl groups excluding tert-OH is 1. The number of fused-ring (bicyclic) bond motifs is 2. The minimum Gasteiger partial charge on any atom is -0.462 e. The molecule has 0 aromatic heterocycles. The molecule has 64 heavy (non-hydrogen) atoms. The molecule has 366 valence electrons. The number of esters is 2. The average Bonchev–Trinajstić information content (AvgIpc) is 3.55. The number of unbranched alkanes of at least 4 members (excludes halogenated alkanes) is 16. The minimum atomic E-state index is -1.54. The molecule has 8 atom stereocenters. The summed E-state index contributed by atoms with van der Waals surface area (Å²) >= 11 is 0. The van der Waals surface area contributed by atoms with Gasteiger partial charge in [-0.3, -0.25) is 19.2 Å². The van der Waals surface area contributed by atoms with Gasteiger partial charge in [-0.05, 0) is 146 Å². The van der Waals surface area contributed by atoms with E-state index in [0.29, 0.717) is 43.9 Å². The van der Waals surface area contributed by atoms with E-state index in [9.17, 15) is 29.4 Å². The van der Waals surface area contributed by atoms with Crippen LogP contribution in [0.1, 0.15) is 226 Å². The second-order valence-electron chi connectivity index (χ2n) is 21.1. The molecule has 4 fully saturated rings. The van der Waals surface area contributed by atoms with Gasteiger partial charge in [-0.1, -0.05) is 104 Å². The maximum atomic E-state index is 13.7. The molecular weight excluding hydrogens is 807 g/mol. The van der Waals surface area contributed by atoms with Crippen LogP contribution in [0.2, 0.25) is 0 Å². The van der Waals surface area contributed by atoms with Crippen LogP contribution in [-0.4, -0.2) is 94.9 Å². The monoisotopic (exact) mass is 898 g/mol. The summed E-state index contributed by atoms with van der Waals surface area (Å²) < 4.78 is 18.2. The van der Waals surface area contributed by atoms with Gasteiger partial charge >= 0.3 is 11.9 Å². The lowest BCUT2D eigenvalue weighted by Crippen LogP contribution is -2.72. The number of hydrogen-bond donors (Lipinski definition) is 2. The standard InChI is InChI=1S/C54H91NO9/c1-4-6-8-10-12-14-18-26-44(25-17-13-11-9-7-5-2)63-50(60)28-20-16-22-36-55(37-23-24-38-56)35-21-15-19-27-49(59)62-41-48(58)54(61)34-32-46-45-30-29-42-39-43(57)31-33-53(42)51(45)47(64-53)40-52(46,54)3/h39,44-47,51,56,61H,4-38,40-41H2,1-3H3. The second-order valence-corrected chi connectivity index (χ2v) is 21.1. The van der Waals surface area contributed by atoms with E-state index in [1.54, 1.807) is 0 Å². The van der Waals surface area contributed by atoms with Gasteiger partial charge in [0.2, 0.25) is 5.78 Å². The van der Waals surface area contributed by atoms with Crippen molar-refractivity contribution < 1.29 is 43.6 Å². The number of Topliss-reactive ketones (excluding diaryl/α,β-unsaturated/α-hetero) is 1. The zero-order chi connectivity index (χ0) is 45.8. The van der Waals surface area contributed by atoms with Crippen LogP contribution in [0, 0.1) is 23.2 Å². The van der Waals surface area contributed by atoms with Gasteiger partial charge in [0.1, 0.15) is 11.7 Å². The van der Waals surface area contributed by atoms with Crippen molar-refractivity contribution >= 4 is 23.5 Å².